The van der Waals surface area contributed by atoms with Crippen molar-refractivity contribution in [2.75, 3.05) is 37.4 Å². The number of amides is 1. The summed E-state index contributed by atoms with van der Waals surface area (Å²) in [6.07, 6.45) is 6.63. The molecule has 3 aromatic heterocycles. The van der Waals surface area contributed by atoms with Crippen LogP contribution in [0, 0.1) is 11.8 Å². The fourth-order valence-corrected chi connectivity index (χ4v) is 4.55. The van der Waals surface area contributed by atoms with Gasteiger partial charge in [-0.3, -0.25) is 14.2 Å². The van der Waals surface area contributed by atoms with E-state index in [0.29, 0.717) is 34.7 Å². The highest BCUT2D eigenvalue weighted by Crippen LogP contribution is 2.36. The Morgan fingerprint density at radius 2 is 1.85 bits per heavy atom. The molecule has 4 aromatic rings. The van der Waals surface area contributed by atoms with Gasteiger partial charge in [0.15, 0.2) is 11.6 Å². The summed E-state index contributed by atoms with van der Waals surface area (Å²) in [7, 11) is 3.34. The van der Waals surface area contributed by atoms with Gasteiger partial charge >= 0.3 is 0 Å². The Hall–Kier alpha value is -4.52. The minimum Gasteiger partial charge on any atom is -0.494 e. The Balaban J connectivity index is 1.52. The van der Waals surface area contributed by atoms with E-state index in [1.54, 1.807) is 37.4 Å². The summed E-state index contributed by atoms with van der Waals surface area (Å²) < 4.78 is 9.19. The van der Waals surface area contributed by atoms with Crippen LogP contribution in [0.2, 0.25) is 0 Å². The lowest BCUT2D eigenvalue weighted by atomic mass is 10.1. The number of aromatic nitrogens is 7. The number of nitrogens with one attached hydrogen (secondary N) is 2. The summed E-state index contributed by atoms with van der Waals surface area (Å²) >= 11 is 0. The van der Waals surface area contributed by atoms with Crippen molar-refractivity contribution < 1.29 is 9.53 Å². The largest absolute Gasteiger partial charge is 0.494 e. The first-order chi connectivity index (χ1) is 19.6. The first kappa shape index (κ1) is 29.5. The molecule has 4 N–H and O–H groups in total. The van der Waals surface area contributed by atoms with E-state index in [9.17, 15) is 4.79 Å². The monoisotopic (exact) mass is 561 g/mol. The molecule has 0 radical (unpaired) electrons. The van der Waals surface area contributed by atoms with Crippen molar-refractivity contribution in [3.05, 3.63) is 48.7 Å². The number of hydrogen-bond acceptors (Lipinski definition) is 10. The van der Waals surface area contributed by atoms with Crippen LogP contribution in [-0.4, -0.2) is 72.1 Å². The van der Waals surface area contributed by atoms with E-state index >= 15 is 0 Å². The zero-order valence-corrected chi connectivity index (χ0v) is 24.5. The number of hydrogen-bond donors (Lipinski definition) is 3. The topological polar surface area (TPSA) is 154 Å². The van der Waals surface area contributed by atoms with Gasteiger partial charge in [-0.2, -0.15) is 15.2 Å². The summed E-state index contributed by atoms with van der Waals surface area (Å²) in [4.78, 5) is 27.8. The maximum Gasteiger partial charge on any atom is 0.254 e. The molecule has 0 saturated carbocycles. The second-order valence-corrected chi connectivity index (χ2v) is 10.7. The highest BCUT2D eigenvalue weighted by Gasteiger charge is 2.18. The van der Waals surface area contributed by atoms with Crippen LogP contribution in [0.4, 0.5) is 23.1 Å². The van der Waals surface area contributed by atoms with Gasteiger partial charge in [-0.05, 0) is 24.0 Å². The number of rotatable bonds is 14. The summed E-state index contributed by atoms with van der Waals surface area (Å²) in [5.41, 5.74) is 7.73. The number of para-hydroxylation sites is 1. The van der Waals surface area contributed by atoms with Crippen molar-refractivity contribution in [1.29, 1.82) is 0 Å². The molecule has 0 unspecified atom stereocenters. The maximum absolute atomic E-state index is 12.2. The molecule has 0 aliphatic heterocycles. The van der Waals surface area contributed by atoms with Gasteiger partial charge in [-0.15, -0.1) is 0 Å². The molecule has 13 heteroatoms. The summed E-state index contributed by atoms with van der Waals surface area (Å²) in [6.45, 7) is 12.7. The predicted molar refractivity (Wildman–Crippen MR) is 158 cm³/mol. The van der Waals surface area contributed by atoms with Gasteiger partial charge in [0.2, 0.25) is 5.95 Å². The van der Waals surface area contributed by atoms with Crippen molar-refractivity contribution in [3.63, 3.8) is 0 Å². The standard InChI is InChI=1S/C28H39N11O2/c1-18(2)14-38(15-19(3)4)10-11-39-16-20(12-32-39)33-28-30-13-22(25(29)40)27(35-28)34-23-9-7-8-21(24(23)41-6)26-31-17-37(5)36-26/h7-9,12-13,16-19H,10-11,14-15H2,1-6H3,(H2,29,40)(H2,30,33,34,35). The first-order valence-corrected chi connectivity index (χ1v) is 13.6. The van der Waals surface area contributed by atoms with E-state index < -0.39 is 5.91 Å². The molecule has 0 spiro atoms. The average molecular weight is 562 g/mol. The lowest BCUT2D eigenvalue weighted by Crippen LogP contribution is -2.34. The molecule has 0 bridgehead atoms. The second-order valence-electron chi connectivity index (χ2n) is 10.7. The first-order valence-electron chi connectivity index (χ1n) is 13.6. The number of nitrogens with two attached hydrogens (primary N) is 1. The fourth-order valence-electron chi connectivity index (χ4n) is 4.55. The van der Waals surface area contributed by atoms with Crippen molar-refractivity contribution in [2.45, 2.75) is 34.2 Å². The lowest BCUT2D eigenvalue weighted by Gasteiger charge is -2.25. The molecule has 0 atom stereocenters. The van der Waals surface area contributed by atoms with E-state index in [-0.39, 0.29) is 17.3 Å². The molecule has 13 nitrogen and oxygen atoms in total. The number of primary amides is 1. The van der Waals surface area contributed by atoms with Gasteiger partial charge in [-0.1, -0.05) is 33.8 Å². The van der Waals surface area contributed by atoms with Crippen LogP contribution in [-0.2, 0) is 13.6 Å². The molecule has 0 aliphatic carbocycles. The van der Waals surface area contributed by atoms with E-state index in [2.05, 4.69) is 68.4 Å². The Bertz CT molecular complexity index is 1450. The number of methoxy groups -OCH3 is 1. The average Bonchev–Trinajstić information content (AvgIpc) is 3.55. The molecule has 0 saturated heterocycles. The summed E-state index contributed by atoms with van der Waals surface area (Å²) in [5.74, 6) is 2.03. The molecule has 0 aliphatic rings. The number of carbonyl (C=O) groups is 1. The lowest BCUT2D eigenvalue weighted by molar-refractivity contribution is 0.100. The number of anilines is 4. The third-order valence-corrected chi connectivity index (χ3v) is 6.15. The van der Waals surface area contributed by atoms with Gasteiger partial charge in [0.1, 0.15) is 17.7 Å². The Morgan fingerprint density at radius 3 is 2.49 bits per heavy atom. The third-order valence-electron chi connectivity index (χ3n) is 6.15. The Morgan fingerprint density at radius 1 is 1.10 bits per heavy atom. The molecule has 3 heterocycles. The summed E-state index contributed by atoms with van der Waals surface area (Å²) in [5, 5.41) is 15.2. The quantitative estimate of drug-likeness (QED) is 0.208. The van der Waals surface area contributed by atoms with Crippen LogP contribution in [0.15, 0.2) is 43.1 Å². The number of carbonyl (C=O) groups excluding carboxylic acids is 1. The third kappa shape index (κ3) is 7.78. The van der Waals surface area contributed by atoms with Crippen molar-refractivity contribution in [1.82, 2.24) is 39.4 Å². The van der Waals surface area contributed by atoms with Crippen molar-refractivity contribution in [3.8, 4) is 17.1 Å². The highest BCUT2D eigenvalue weighted by molar-refractivity contribution is 5.98. The molecule has 218 valence electrons. The minimum absolute atomic E-state index is 0.130. The fraction of sp³-hybridized carbons (Fsp3) is 0.429. The number of ether oxygens (including phenoxy) is 1. The van der Waals surface area contributed by atoms with E-state index in [0.717, 1.165) is 31.9 Å². The molecule has 0 fully saturated rings. The zero-order chi connectivity index (χ0) is 29.5. The van der Waals surface area contributed by atoms with Gasteiger partial charge < -0.3 is 26.0 Å². The Kier molecular flexibility index (Phi) is 9.50. The number of nitrogens with zero attached hydrogens (tertiary/aromatic N) is 8. The van der Waals surface area contributed by atoms with E-state index in [1.807, 2.05) is 23.0 Å². The van der Waals surface area contributed by atoms with Crippen LogP contribution in [0.25, 0.3) is 11.4 Å². The Labute approximate surface area is 240 Å². The molecule has 4 rings (SSSR count). The number of aryl methyl sites for hydroxylation is 1. The minimum atomic E-state index is -0.666. The van der Waals surface area contributed by atoms with Gasteiger partial charge in [-0.25, -0.2) is 9.97 Å². The number of benzene rings is 1. The zero-order valence-electron chi connectivity index (χ0n) is 24.5. The SMILES string of the molecule is COc1c(Nc2nc(Nc3cnn(CCN(CC(C)C)CC(C)C)c3)ncc2C(N)=O)cccc1-c1ncn(C)n1. The van der Waals surface area contributed by atoms with Crippen LogP contribution in [0.5, 0.6) is 5.75 Å². The van der Waals surface area contributed by atoms with Crippen LogP contribution >= 0.6 is 0 Å². The van der Waals surface area contributed by atoms with Crippen molar-refractivity contribution >= 4 is 29.0 Å². The van der Waals surface area contributed by atoms with E-state index in [1.165, 1.54) is 6.20 Å². The maximum atomic E-state index is 12.2. The second kappa shape index (κ2) is 13.2. The molecule has 41 heavy (non-hydrogen) atoms. The normalized spacial score (nSPS) is 11.4. The molecule has 1 amide bonds. The van der Waals surface area contributed by atoms with Crippen molar-refractivity contribution in [2.24, 2.45) is 24.6 Å². The summed E-state index contributed by atoms with van der Waals surface area (Å²) in [6, 6.07) is 5.49. The highest BCUT2D eigenvalue weighted by atomic mass is 16.5. The molecular weight excluding hydrogens is 522 g/mol. The predicted octanol–water partition coefficient (Wildman–Crippen LogP) is 3.68. The van der Waals surface area contributed by atoms with Gasteiger partial charge in [0.25, 0.3) is 5.91 Å². The molecule has 1 aromatic carbocycles. The van der Waals surface area contributed by atoms with Gasteiger partial charge in [0, 0.05) is 39.1 Å². The smallest absolute Gasteiger partial charge is 0.254 e. The van der Waals surface area contributed by atoms with Gasteiger partial charge in [0.05, 0.1) is 36.8 Å². The van der Waals surface area contributed by atoms with Crippen LogP contribution in [0.1, 0.15) is 38.1 Å². The molecular formula is C28H39N11O2. The van der Waals surface area contributed by atoms with Crippen LogP contribution in [0.3, 0.4) is 0 Å². The van der Waals surface area contributed by atoms with Crippen LogP contribution < -0.4 is 21.1 Å². The van der Waals surface area contributed by atoms with E-state index in [4.69, 9.17) is 10.5 Å².